The first-order valence-electron chi connectivity index (χ1n) is 5.10. The predicted octanol–water partition coefficient (Wildman–Crippen LogP) is 3.59. The minimum atomic E-state index is -4.25. The molecule has 0 unspecified atom stereocenters. The Kier molecular flexibility index (Phi) is 3.63. The zero-order valence-corrected chi connectivity index (χ0v) is 9.65. The highest BCUT2D eigenvalue weighted by Crippen LogP contribution is 2.29. The Labute approximate surface area is 93.7 Å². The molecular formula is C12H16F3N. The summed E-state index contributed by atoms with van der Waals surface area (Å²) < 4.78 is 36.8. The van der Waals surface area contributed by atoms with Gasteiger partial charge in [-0.1, -0.05) is 12.1 Å². The lowest BCUT2D eigenvalue weighted by Gasteiger charge is -2.20. The van der Waals surface area contributed by atoms with Gasteiger partial charge in [0.1, 0.15) is 0 Å². The molecule has 4 heteroatoms. The molecule has 0 saturated heterocycles. The highest BCUT2D eigenvalue weighted by atomic mass is 19.4. The third-order valence-electron chi connectivity index (χ3n) is 2.10. The van der Waals surface area contributed by atoms with Crippen molar-refractivity contribution in [3.63, 3.8) is 0 Å². The second-order valence-electron chi connectivity index (χ2n) is 4.80. The highest BCUT2D eigenvalue weighted by Gasteiger charge is 2.29. The Bertz CT molecular complexity index is 333. The third kappa shape index (κ3) is 4.23. The zero-order chi connectivity index (χ0) is 12.4. The maximum Gasteiger partial charge on any atom is 0.416 e. The van der Waals surface area contributed by atoms with Crippen molar-refractivity contribution < 1.29 is 13.2 Å². The van der Waals surface area contributed by atoms with Gasteiger partial charge in [-0.15, -0.1) is 0 Å². The van der Waals surface area contributed by atoms with Crippen molar-refractivity contribution in [3.05, 3.63) is 35.4 Å². The fraction of sp³-hybridized carbons (Fsp3) is 0.500. The largest absolute Gasteiger partial charge is 0.416 e. The van der Waals surface area contributed by atoms with Gasteiger partial charge in [-0.2, -0.15) is 13.2 Å². The smallest absolute Gasteiger partial charge is 0.308 e. The molecule has 0 aliphatic carbocycles. The van der Waals surface area contributed by atoms with Crippen molar-refractivity contribution >= 4 is 0 Å². The number of benzene rings is 1. The SMILES string of the molecule is CC(C)(C)NCc1ccc(C(F)(F)F)cc1. The molecule has 1 N–H and O–H groups in total. The molecule has 1 rings (SSSR count). The second-order valence-corrected chi connectivity index (χ2v) is 4.80. The van der Waals surface area contributed by atoms with Crippen molar-refractivity contribution in [2.75, 3.05) is 0 Å². The lowest BCUT2D eigenvalue weighted by atomic mass is 10.1. The Balaban J connectivity index is 2.66. The van der Waals surface area contributed by atoms with Crippen LogP contribution in [0.5, 0.6) is 0 Å². The van der Waals surface area contributed by atoms with Crippen molar-refractivity contribution in [1.29, 1.82) is 0 Å². The molecule has 0 saturated carbocycles. The molecule has 0 aliphatic heterocycles. The summed E-state index contributed by atoms with van der Waals surface area (Å²) >= 11 is 0. The van der Waals surface area contributed by atoms with Crippen LogP contribution in [0.25, 0.3) is 0 Å². The van der Waals surface area contributed by atoms with Crippen LogP contribution in [0.4, 0.5) is 13.2 Å². The van der Waals surface area contributed by atoms with Crippen molar-refractivity contribution in [2.24, 2.45) is 0 Å². The molecule has 0 heterocycles. The highest BCUT2D eigenvalue weighted by molar-refractivity contribution is 5.24. The molecule has 0 atom stereocenters. The summed E-state index contributed by atoms with van der Waals surface area (Å²) in [6, 6.07) is 5.22. The first-order chi connectivity index (χ1) is 7.18. The summed E-state index contributed by atoms with van der Waals surface area (Å²) in [6.07, 6.45) is -4.25. The van der Waals surface area contributed by atoms with Crippen LogP contribution in [0.3, 0.4) is 0 Å². The zero-order valence-electron chi connectivity index (χ0n) is 9.65. The van der Waals surface area contributed by atoms with Crippen LogP contribution in [-0.2, 0) is 12.7 Å². The number of hydrogen-bond donors (Lipinski definition) is 1. The van der Waals surface area contributed by atoms with Gasteiger partial charge in [0.2, 0.25) is 0 Å². The predicted molar refractivity (Wildman–Crippen MR) is 58.0 cm³/mol. The lowest BCUT2D eigenvalue weighted by Crippen LogP contribution is -2.35. The molecule has 90 valence electrons. The van der Waals surface area contributed by atoms with Crippen LogP contribution in [0.1, 0.15) is 31.9 Å². The Hall–Kier alpha value is -1.03. The van der Waals surface area contributed by atoms with Gasteiger partial charge >= 0.3 is 6.18 Å². The van der Waals surface area contributed by atoms with Crippen LogP contribution in [-0.4, -0.2) is 5.54 Å². The monoisotopic (exact) mass is 231 g/mol. The molecule has 0 amide bonds. The van der Waals surface area contributed by atoms with Gasteiger partial charge in [0.25, 0.3) is 0 Å². The van der Waals surface area contributed by atoms with Crippen LogP contribution in [0.2, 0.25) is 0 Å². The van der Waals surface area contributed by atoms with Gasteiger partial charge in [-0.3, -0.25) is 0 Å². The van der Waals surface area contributed by atoms with E-state index in [0.717, 1.165) is 17.7 Å². The fourth-order valence-corrected chi connectivity index (χ4v) is 1.18. The van der Waals surface area contributed by atoms with E-state index in [4.69, 9.17) is 0 Å². The standard InChI is InChI=1S/C12H16F3N/c1-11(2,3)16-8-9-4-6-10(7-5-9)12(13,14)15/h4-7,16H,8H2,1-3H3. The lowest BCUT2D eigenvalue weighted by molar-refractivity contribution is -0.137. The van der Waals surface area contributed by atoms with Gasteiger partial charge in [-0.05, 0) is 38.5 Å². The number of alkyl halides is 3. The number of halogens is 3. The second kappa shape index (κ2) is 4.45. The van der Waals surface area contributed by atoms with Crippen LogP contribution >= 0.6 is 0 Å². The van der Waals surface area contributed by atoms with Crippen molar-refractivity contribution in [1.82, 2.24) is 5.32 Å². The summed E-state index contributed by atoms with van der Waals surface area (Å²) in [4.78, 5) is 0. The molecule has 1 aromatic rings. The average Bonchev–Trinajstić information content (AvgIpc) is 2.13. The van der Waals surface area contributed by atoms with E-state index in [1.165, 1.54) is 12.1 Å². The van der Waals surface area contributed by atoms with E-state index in [1.807, 2.05) is 20.8 Å². The molecular weight excluding hydrogens is 215 g/mol. The summed E-state index contributed by atoms with van der Waals surface area (Å²) in [5.74, 6) is 0. The van der Waals surface area contributed by atoms with E-state index in [9.17, 15) is 13.2 Å². The molecule has 0 aromatic heterocycles. The van der Waals surface area contributed by atoms with Gasteiger partial charge in [-0.25, -0.2) is 0 Å². The summed E-state index contributed by atoms with van der Waals surface area (Å²) in [5, 5.41) is 3.22. The normalized spacial score (nSPS) is 12.9. The number of rotatable bonds is 2. The van der Waals surface area contributed by atoms with E-state index < -0.39 is 11.7 Å². The first-order valence-corrected chi connectivity index (χ1v) is 5.10. The van der Waals surface area contributed by atoms with Crippen LogP contribution < -0.4 is 5.32 Å². The third-order valence-corrected chi connectivity index (χ3v) is 2.10. The van der Waals surface area contributed by atoms with Gasteiger partial charge in [0.05, 0.1) is 5.56 Å². The van der Waals surface area contributed by atoms with Gasteiger partial charge in [0, 0.05) is 12.1 Å². The minimum Gasteiger partial charge on any atom is -0.308 e. The quantitative estimate of drug-likeness (QED) is 0.820. The van der Waals surface area contributed by atoms with Gasteiger partial charge in [0.15, 0.2) is 0 Å². The molecule has 0 spiro atoms. The van der Waals surface area contributed by atoms with E-state index in [0.29, 0.717) is 6.54 Å². The van der Waals surface area contributed by atoms with Crippen molar-refractivity contribution in [2.45, 2.75) is 39.0 Å². The maximum atomic E-state index is 12.3. The Morgan fingerprint density at radius 1 is 1.00 bits per heavy atom. The Morgan fingerprint density at radius 2 is 1.50 bits per heavy atom. The first kappa shape index (κ1) is 13.0. The van der Waals surface area contributed by atoms with E-state index >= 15 is 0 Å². The Morgan fingerprint density at radius 3 is 1.88 bits per heavy atom. The molecule has 1 nitrogen and oxygen atoms in total. The molecule has 0 aliphatic rings. The number of hydrogen-bond acceptors (Lipinski definition) is 1. The summed E-state index contributed by atoms with van der Waals surface area (Å²) in [7, 11) is 0. The maximum absolute atomic E-state index is 12.3. The summed E-state index contributed by atoms with van der Waals surface area (Å²) in [6.45, 7) is 6.60. The van der Waals surface area contributed by atoms with E-state index in [1.54, 1.807) is 0 Å². The van der Waals surface area contributed by atoms with E-state index in [-0.39, 0.29) is 5.54 Å². The van der Waals surface area contributed by atoms with E-state index in [2.05, 4.69) is 5.32 Å². The fourth-order valence-electron chi connectivity index (χ4n) is 1.18. The molecule has 1 aromatic carbocycles. The molecule has 16 heavy (non-hydrogen) atoms. The average molecular weight is 231 g/mol. The topological polar surface area (TPSA) is 12.0 Å². The minimum absolute atomic E-state index is 0.0390. The summed E-state index contributed by atoms with van der Waals surface area (Å²) in [5.41, 5.74) is 0.206. The van der Waals surface area contributed by atoms with Crippen molar-refractivity contribution in [3.8, 4) is 0 Å². The molecule has 0 bridgehead atoms. The molecule has 0 fully saturated rings. The van der Waals surface area contributed by atoms with Gasteiger partial charge < -0.3 is 5.32 Å². The molecule has 0 radical (unpaired) electrons. The van der Waals surface area contributed by atoms with Crippen LogP contribution in [0, 0.1) is 0 Å². The number of nitrogens with one attached hydrogen (secondary N) is 1. The van der Waals surface area contributed by atoms with Crippen LogP contribution in [0.15, 0.2) is 24.3 Å².